The predicted octanol–water partition coefficient (Wildman–Crippen LogP) is 4.54. The Morgan fingerprint density at radius 3 is 3.19 bits per heavy atom. The number of hydrogen-bond donors (Lipinski definition) is 1. The maximum Gasteiger partial charge on any atom is 0.0576 e. The Morgan fingerprint density at radius 1 is 1.48 bits per heavy atom. The normalized spacial score (nSPS) is 23.2. The Kier molecular flexibility index (Phi) is 6.04. The van der Waals surface area contributed by atoms with Crippen LogP contribution in [0.1, 0.15) is 60.4 Å². The summed E-state index contributed by atoms with van der Waals surface area (Å²) in [5.74, 6) is 2.53. The van der Waals surface area contributed by atoms with Crippen LogP contribution in [0.2, 0.25) is 0 Å². The van der Waals surface area contributed by atoms with Crippen LogP contribution in [0.25, 0.3) is 0 Å². The van der Waals surface area contributed by atoms with Crippen LogP contribution in [0.4, 0.5) is 0 Å². The summed E-state index contributed by atoms with van der Waals surface area (Å²) in [7, 11) is 0. The molecule has 0 aliphatic carbocycles. The van der Waals surface area contributed by atoms with E-state index in [2.05, 4.69) is 41.4 Å². The Hall–Kier alpha value is -0.0300. The molecule has 0 radical (unpaired) electrons. The van der Waals surface area contributed by atoms with Crippen molar-refractivity contribution in [1.29, 1.82) is 0 Å². The molecule has 2 aliphatic heterocycles. The number of aryl methyl sites for hydroxylation is 1. The molecular formula is C17H27NOS2. The summed E-state index contributed by atoms with van der Waals surface area (Å²) in [4.78, 5) is 3.21. The molecule has 0 aromatic carbocycles. The topological polar surface area (TPSA) is 21.3 Å². The number of ether oxygens (including phenoxy) is 1. The molecule has 3 rings (SSSR count). The minimum Gasteiger partial charge on any atom is -0.378 e. The number of thiophene rings is 1. The second kappa shape index (κ2) is 8.00. The van der Waals surface area contributed by atoms with Gasteiger partial charge < -0.3 is 10.1 Å². The summed E-state index contributed by atoms with van der Waals surface area (Å²) < 4.78 is 5.75. The smallest absolute Gasteiger partial charge is 0.0576 e. The van der Waals surface area contributed by atoms with Crippen LogP contribution in [0.5, 0.6) is 0 Å². The van der Waals surface area contributed by atoms with Crippen LogP contribution >= 0.6 is 23.1 Å². The number of nitrogens with one attached hydrogen (secondary N) is 1. The van der Waals surface area contributed by atoms with Gasteiger partial charge in [-0.25, -0.2) is 0 Å². The van der Waals surface area contributed by atoms with E-state index in [-0.39, 0.29) is 0 Å². The summed E-state index contributed by atoms with van der Waals surface area (Å²) in [6.45, 7) is 4.26. The van der Waals surface area contributed by atoms with Crippen LogP contribution in [0.3, 0.4) is 0 Å². The second-order valence-corrected chi connectivity index (χ2v) is 8.35. The van der Waals surface area contributed by atoms with E-state index >= 15 is 0 Å². The third-order valence-electron chi connectivity index (χ3n) is 4.48. The van der Waals surface area contributed by atoms with Crippen molar-refractivity contribution in [3.8, 4) is 0 Å². The summed E-state index contributed by atoms with van der Waals surface area (Å²) in [6.07, 6.45) is 8.12. The summed E-state index contributed by atoms with van der Waals surface area (Å²) in [5, 5.41) is 3.70. The first-order valence-corrected chi connectivity index (χ1v) is 10.4. The predicted molar refractivity (Wildman–Crippen MR) is 93.4 cm³/mol. The van der Waals surface area contributed by atoms with Crippen molar-refractivity contribution in [3.05, 3.63) is 21.4 Å². The summed E-state index contributed by atoms with van der Waals surface area (Å²) >= 11 is 4.14. The Labute approximate surface area is 137 Å². The largest absolute Gasteiger partial charge is 0.378 e. The second-order valence-electron chi connectivity index (χ2n) is 6.08. The van der Waals surface area contributed by atoms with Gasteiger partial charge in [-0.3, -0.25) is 0 Å². The SMILES string of the molecule is CCNC(CCCC1CCCO1)c1cc2c(s1)CCSC2. The van der Waals surface area contributed by atoms with Crippen LogP contribution < -0.4 is 5.32 Å². The van der Waals surface area contributed by atoms with Crippen molar-refractivity contribution in [2.24, 2.45) is 0 Å². The first kappa shape index (κ1) is 15.9. The molecule has 2 atom stereocenters. The maximum atomic E-state index is 5.75. The van der Waals surface area contributed by atoms with E-state index in [1.54, 1.807) is 15.3 Å². The van der Waals surface area contributed by atoms with Crippen molar-refractivity contribution in [2.45, 2.75) is 63.3 Å². The molecule has 1 saturated heterocycles. The minimum atomic E-state index is 0.542. The molecule has 1 aromatic rings. The van der Waals surface area contributed by atoms with E-state index < -0.39 is 0 Å². The van der Waals surface area contributed by atoms with Gasteiger partial charge in [0, 0.05) is 28.2 Å². The summed E-state index contributed by atoms with van der Waals surface area (Å²) in [6, 6.07) is 3.03. The molecule has 118 valence electrons. The zero-order chi connectivity index (χ0) is 14.5. The Morgan fingerprint density at radius 2 is 2.43 bits per heavy atom. The molecule has 4 heteroatoms. The molecule has 1 N–H and O–H groups in total. The zero-order valence-corrected chi connectivity index (χ0v) is 14.7. The molecule has 1 aromatic heterocycles. The molecule has 2 nitrogen and oxygen atoms in total. The highest BCUT2D eigenvalue weighted by molar-refractivity contribution is 7.98. The van der Waals surface area contributed by atoms with Crippen molar-refractivity contribution < 1.29 is 4.74 Å². The van der Waals surface area contributed by atoms with Crippen molar-refractivity contribution >= 4 is 23.1 Å². The average Bonchev–Trinajstić information content (AvgIpc) is 3.15. The molecule has 1 fully saturated rings. The fourth-order valence-electron chi connectivity index (χ4n) is 3.35. The van der Waals surface area contributed by atoms with Crippen molar-refractivity contribution in [1.82, 2.24) is 5.32 Å². The highest BCUT2D eigenvalue weighted by atomic mass is 32.2. The van der Waals surface area contributed by atoms with Gasteiger partial charge in [0.25, 0.3) is 0 Å². The van der Waals surface area contributed by atoms with Crippen LogP contribution in [-0.2, 0) is 16.9 Å². The zero-order valence-electron chi connectivity index (χ0n) is 13.0. The molecule has 0 bridgehead atoms. The molecule has 2 aliphatic rings. The lowest BCUT2D eigenvalue weighted by molar-refractivity contribution is 0.101. The van der Waals surface area contributed by atoms with Gasteiger partial charge in [-0.1, -0.05) is 6.92 Å². The molecule has 0 saturated carbocycles. The van der Waals surface area contributed by atoms with Gasteiger partial charge in [0.15, 0.2) is 0 Å². The first-order chi connectivity index (χ1) is 10.4. The first-order valence-electron chi connectivity index (χ1n) is 8.41. The number of thioether (sulfide) groups is 1. The fourth-order valence-corrected chi connectivity index (χ4v) is 5.84. The third-order valence-corrected chi connectivity index (χ3v) is 6.84. The van der Waals surface area contributed by atoms with Crippen LogP contribution in [0, 0.1) is 0 Å². The summed E-state index contributed by atoms with van der Waals surface area (Å²) in [5.41, 5.74) is 1.60. The van der Waals surface area contributed by atoms with Gasteiger partial charge in [0.05, 0.1) is 6.10 Å². The average molecular weight is 326 g/mol. The van der Waals surface area contributed by atoms with Crippen LogP contribution in [-0.4, -0.2) is 25.0 Å². The van der Waals surface area contributed by atoms with Gasteiger partial charge in [0.1, 0.15) is 0 Å². The Balaban J connectivity index is 1.56. The molecule has 2 unspecified atom stereocenters. The molecular weight excluding hydrogens is 298 g/mol. The standard InChI is InChI=1S/C17H27NOS2/c1-2-18-15(7-3-5-14-6-4-9-19-14)17-11-13-12-20-10-8-16(13)21-17/h11,14-15,18H,2-10,12H2,1H3. The van der Waals surface area contributed by atoms with Crippen molar-refractivity contribution in [3.63, 3.8) is 0 Å². The number of hydrogen-bond acceptors (Lipinski definition) is 4. The monoisotopic (exact) mass is 325 g/mol. The maximum absolute atomic E-state index is 5.75. The third kappa shape index (κ3) is 4.25. The van der Waals surface area contributed by atoms with E-state index in [0.29, 0.717) is 12.1 Å². The number of fused-ring (bicyclic) bond motifs is 1. The molecule has 3 heterocycles. The van der Waals surface area contributed by atoms with Gasteiger partial charge in [0.2, 0.25) is 0 Å². The van der Waals surface area contributed by atoms with Gasteiger partial charge in [-0.15, -0.1) is 11.3 Å². The lowest BCUT2D eigenvalue weighted by Crippen LogP contribution is -2.20. The Bertz CT molecular complexity index is 416. The van der Waals surface area contributed by atoms with E-state index in [1.165, 1.54) is 50.0 Å². The quantitative estimate of drug-likeness (QED) is 0.795. The van der Waals surface area contributed by atoms with Crippen molar-refractivity contribution in [2.75, 3.05) is 18.9 Å². The van der Waals surface area contributed by atoms with Gasteiger partial charge in [-0.05, 0) is 62.5 Å². The molecule has 21 heavy (non-hydrogen) atoms. The molecule has 0 spiro atoms. The molecule has 0 amide bonds. The van der Waals surface area contributed by atoms with Gasteiger partial charge in [-0.2, -0.15) is 11.8 Å². The van der Waals surface area contributed by atoms with E-state index in [9.17, 15) is 0 Å². The fraction of sp³-hybridized carbons (Fsp3) is 0.765. The van der Waals surface area contributed by atoms with E-state index in [1.807, 2.05) is 0 Å². The minimum absolute atomic E-state index is 0.542. The highest BCUT2D eigenvalue weighted by Crippen LogP contribution is 2.36. The lowest BCUT2D eigenvalue weighted by atomic mass is 10.0. The lowest BCUT2D eigenvalue weighted by Gasteiger charge is -2.17. The number of rotatable bonds is 7. The van der Waals surface area contributed by atoms with Gasteiger partial charge >= 0.3 is 0 Å². The highest BCUT2D eigenvalue weighted by Gasteiger charge is 2.20. The van der Waals surface area contributed by atoms with Crippen LogP contribution in [0.15, 0.2) is 6.07 Å². The van der Waals surface area contributed by atoms with E-state index in [0.717, 1.165) is 13.2 Å². The van der Waals surface area contributed by atoms with E-state index in [4.69, 9.17) is 4.74 Å².